The van der Waals surface area contributed by atoms with E-state index in [1.165, 1.54) is 16.7 Å². The molecule has 0 bridgehead atoms. The number of nitrogens with one attached hydrogen (secondary N) is 2. The van der Waals surface area contributed by atoms with Crippen LogP contribution in [0.1, 0.15) is 36.8 Å². The van der Waals surface area contributed by atoms with E-state index in [0.717, 1.165) is 6.54 Å². The Kier molecular flexibility index (Phi) is 7.07. The molecule has 0 fully saturated rings. The van der Waals surface area contributed by atoms with E-state index in [1.54, 1.807) is 0 Å². The summed E-state index contributed by atoms with van der Waals surface area (Å²) in [6.45, 7) is 5.57. The molecule has 2 rings (SSSR count). The smallest absolute Gasteiger partial charge is 0.0134 e. The summed E-state index contributed by atoms with van der Waals surface area (Å²) in [6, 6.07) is 21.8. The average Bonchev–Trinajstić information content (AvgIpc) is 2.61. The van der Waals surface area contributed by atoms with Crippen molar-refractivity contribution in [2.24, 2.45) is 5.92 Å². The maximum Gasteiger partial charge on any atom is 0.0134 e. The lowest BCUT2D eigenvalue weighted by Crippen LogP contribution is -2.27. The summed E-state index contributed by atoms with van der Waals surface area (Å²) in [5.74, 6) is 1.29. The van der Waals surface area contributed by atoms with Crippen molar-refractivity contribution in [3.05, 3.63) is 83.6 Å². The van der Waals surface area contributed by atoms with Gasteiger partial charge >= 0.3 is 0 Å². The van der Waals surface area contributed by atoms with Crippen LogP contribution in [0.2, 0.25) is 0 Å². The van der Waals surface area contributed by atoms with Gasteiger partial charge in [-0.15, -0.1) is 0 Å². The van der Waals surface area contributed by atoms with Crippen LogP contribution in [0.5, 0.6) is 0 Å². The van der Waals surface area contributed by atoms with E-state index in [0.29, 0.717) is 17.8 Å². The van der Waals surface area contributed by atoms with Gasteiger partial charge in [-0.1, -0.05) is 67.6 Å². The van der Waals surface area contributed by atoms with Crippen molar-refractivity contribution in [2.45, 2.75) is 25.7 Å². The predicted octanol–water partition coefficient (Wildman–Crippen LogP) is 4.53. The fourth-order valence-electron chi connectivity index (χ4n) is 3.70. The first kappa shape index (κ1) is 18.3. The average molecular weight is 322 g/mol. The Hall–Kier alpha value is -2.06. The van der Waals surface area contributed by atoms with E-state index in [-0.39, 0.29) is 0 Å². The van der Waals surface area contributed by atoms with Crippen LogP contribution in [-0.2, 0) is 0 Å². The van der Waals surface area contributed by atoms with E-state index in [2.05, 4.69) is 91.3 Å². The van der Waals surface area contributed by atoms with Gasteiger partial charge in [-0.05, 0) is 55.3 Å². The van der Waals surface area contributed by atoms with E-state index in [9.17, 15) is 0 Å². The van der Waals surface area contributed by atoms with E-state index >= 15 is 0 Å². The van der Waals surface area contributed by atoms with Crippen LogP contribution < -0.4 is 10.6 Å². The highest BCUT2D eigenvalue weighted by molar-refractivity contribution is 5.36. The van der Waals surface area contributed by atoms with Crippen molar-refractivity contribution >= 4 is 0 Å². The van der Waals surface area contributed by atoms with Crippen LogP contribution in [0.15, 0.2) is 72.4 Å². The second-order valence-corrected chi connectivity index (χ2v) is 6.54. The molecule has 0 amide bonds. The fourth-order valence-corrected chi connectivity index (χ4v) is 3.70. The molecule has 0 aliphatic rings. The number of hydrogen-bond donors (Lipinski definition) is 2. The molecule has 24 heavy (non-hydrogen) atoms. The third kappa shape index (κ3) is 4.48. The van der Waals surface area contributed by atoms with E-state index in [4.69, 9.17) is 0 Å². The maximum absolute atomic E-state index is 3.36. The van der Waals surface area contributed by atoms with Crippen molar-refractivity contribution in [2.75, 3.05) is 20.6 Å². The van der Waals surface area contributed by atoms with Gasteiger partial charge in [0.2, 0.25) is 0 Å². The Morgan fingerprint density at radius 1 is 0.917 bits per heavy atom. The first-order valence-corrected chi connectivity index (χ1v) is 8.77. The molecular weight excluding hydrogens is 292 g/mol. The van der Waals surface area contributed by atoms with Crippen LogP contribution in [-0.4, -0.2) is 20.6 Å². The lowest BCUT2D eigenvalue weighted by atomic mass is 9.71. The van der Waals surface area contributed by atoms with Gasteiger partial charge in [-0.25, -0.2) is 0 Å². The summed E-state index contributed by atoms with van der Waals surface area (Å²) < 4.78 is 0. The molecule has 2 aromatic rings. The Morgan fingerprint density at radius 3 is 1.96 bits per heavy atom. The highest BCUT2D eigenvalue weighted by Crippen LogP contribution is 2.42. The summed E-state index contributed by atoms with van der Waals surface area (Å²) in [5.41, 5.74) is 4.14. The predicted molar refractivity (Wildman–Crippen MR) is 104 cm³/mol. The van der Waals surface area contributed by atoms with Crippen molar-refractivity contribution in [1.29, 1.82) is 0 Å². The molecule has 2 N–H and O–H groups in total. The number of hydrogen-bond acceptors (Lipinski definition) is 2. The minimum Gasteiger partial charge on any atom is -0.394 e. The molecule has 0 saturated heterocycles. The molecular formula is C22H30N2. The van der Waals surface area contributed by atoms with Crippen LogP contribution in [0, 0.1) is 5.92 Å². The Bertz CT molecular complexity index is 619. The third-order valence-corrected chi connectivity index (χ3v) is 4.70. The van der Waals surface area contributed by atoms with Gasteiger partial charge in [0, 0.05) is 13.0 Å². The highest BCUT2D eigenvalue weighted by atomic mass is 14.8. The zero-order valence-electron chi connectivity index (χ0n) is 15.3. The quantitative estimate of drug-likeness (QED) is 0.746. The van der Waals surface area contributed by atoms with E-state index < -0.39 is 0 Å². The fraction of sp³-hybridized carbons (Fsp3) is 0.364. The Labute approximate surface area is 147 Å². The summed E-state index contributed by atoms with van der Waals surface area (Å²) >= 11 is 0. The van der Waals surface area contributed by atoms with Crippen LogP contribution in [0.3, 0.4) is 0 Å². The third-order valence-electron chi connectivity index (χ3n) is 4.70. The molecule has 0 spiro atoms. The van der Waals surface area contributed by atoms with Gasteiger partial charge in [-0.2, -0.15) is 0 Å². The van der Waals surface area contributed by atoms with Gasteiger partial charge < -0.3 is 10.6 Å². The van der Waals surface area contributed by atoms with Gasteiger partial charge in [0.05, 0.1) is 0 Å². The summed E-state index contributed by atoms with van der Waals surface area (Å²) in [7, 11) is 4.01. The number of benzene rings is 2. The zero-order valence-corrected chi connectivity index (χ0v) is 15.3. The van der Waals surface area contributed by atoms with Crippen molar-refractivity contribution < 1.29 is 0 Å². The molecule has 3 atom stereocenters. The minimum atomic E-state index is 0.351. The van der Waals surface area contributed by atoms with Gasteiger partial charge in [0.15, 0.2) is 0 Å². The normalized spacial score (nSPS) is 15.6. The molecule has 2 aromatic carbocycles. The second-order valence-electron chi connectivity index (χ2n) is 6.54. The lowest BCUT2D eigenvalue weighted by Gasteiger charge is -2.34. The lowest BCUT2D eigenvalue weighted by molar-refractivity contribution is 0.404. The number of allylic oxidation sites excluding steroid dienone is 1. The number of rotatable bonds is 8. The SMILES string of the molecule is CN/C=C(\C)[C@@H](c1ccccc1)[C@H](c1ccccc1)[C@H](C)CNC. The first-order chi connectivity index (χ1) is 11.7. The zero-order chi connectivity index (χ0) is 17.4. The summed E-state index contributed by atoms with van der Waals surface area (Å²) in [6.07, 6.45) is 2.14. The summed E-state index contributed by atoms with van der Waals surface area (Å²) in [5, 5.41) is 6.58. The monoisotopic (exact) mass is 322 g/mol. The molecule has 0 radical (unpaired) electrons. The van der Waals surface area contributed by atoms with Gasteiger partial charge in [-0.3, -0.25) is 0 Å². The highest BCUT2D eigenvalue weighted by Gasteiger charge is 2.30. The largest absolute Gasteiger partial charge is 0.394 e. The molecule has 0 aliphatic heterocycles. The Balaban J connectivity index is 2.54. The molecule has 2 heteroatoms. The van der Waals surface area contributed by atoms with Crippen LogP contribution in [0.25, 0.3) is 0 Å². The van der Waals surface area contributed by atoms with Crippen LogP contribution >= 0.6 is 0 Å². The van der Waals surface area contributed by atoms with E-state index in [1.807, 2.05) is 14.1 Å². The molecule has 0 saturated carbocycles. The molecule has 0 heterocycles. The van der Waals surface area contributed by atoms with Crippen LogP contribution in [0.4, 0.5) is 0 Å². The van der Waals surface area contributed by atoms with Crippen molar-refractivity contribution in [1.82, 2.24) is 10.6 Å². The second kappa shape index (κ2) is 9.29. The van der Waals surface area contributed by atoms with Crippen molar-refractivity contribution in [3.63, 3.8) is 0 Å². The van der Waals surface area contributed by atoms with Crippen molar-refractivity contribution in [3.8, 4) is 0 Å². The van der Waals surface area contributed by atoms with Gasteiger partial charge in [0.1, 0.15) is 0 Å². The maximum atomic E-state index is 3.36. The first-order valence-electron chi connectivity index (χ1n) is 8.77. The molecule has 128 valence electrons. The minimum absolute atomic E-state index is 0.351. The molecule has 0 aliphatic carbocycles. The molecule has 2 nitrogen and oxygen atoms in total. The standard InChI is InChI=1S/C22H30N2/c1-17(15-23-3)21(19-11-7-5-8-12-19)22(18(2)16-24-4)20-13-9-6-10-14-20/h5-15,18,21-24H,16H2,1-4H3/b17-15+/t18-,21+,22+/m1/s1. The molecule has 0 unspecified atom stereocenters. The topological polar surface area (TPSA) is 24.1 Å². The molecule has 0 aromatic heterocycles. The van der Waals surface area contributed by atoms with Gasteiger partial charge in [0.25, 0.3) is 0 Å². The summed E-state index contributed by atoms with van der Waals surface area (Å²) in [4.78, 5) is 0. The Morgan fingerprint density at radius 2 is 1.46 bits per heavy atom.